The monoisotopic (exact) mass is 383 g/mol. The molecule has 1 amide bonds. The van der Waals surface area contributed by atoms with Gasteiger partial charge in [0.1, 0.15) is 0 Å². The van der Waals surface area contributed by atoms with Gasteiger partial charge in [-0.3, -0.25) is 4.79 Å². The Balaban J connectivity index is 1.82. The number of carboxylic acids is 1. The molecule has 152 valence electrons. The van der Waals surface area contributed by atoms with Crippen LogP contribution in [0.1, 0.15) is 76.0 Å². The Morgan fingerprint density at radius 3 is 2.68 bits per heavy atom. The highest BCUT2D eigenvalue weighted by Gasteiger charge is 2.51. The molecule has 1 fully saturated rings. The van der Waals surface area contributed by atoms with Crippen LogP contribution in [0.4, 0.5) is 0 Å². The average Bonchev–Trinajstić information content (AvgIpc) is 2.64. The number of hydrogen-bond donors (Lipinski definition) is 2. The number of rotatable bonds is 5. The van der Waals surface area contributed by atoms with Gasteiger partial charge in [0.25, 0.3) is 0 Å². The average molecular weight is 384 g/mol. The van der Waals surface area contributed by atoms with Gasteiger partial charge in [-0.25, -0.2) is 4.79 Å². The van der Waals surface area contributed by atoms with Crippen LogP contribution in [-0.2, 0) is 21.4 Å². The van der Waals surface area contributed by atoms with Crippen LogP contribution in [-0.4, -0.2) is 23.5 Å². The number of nitrogens with one attached hydrogen (secondary N) is 1. The van der Waals surface area contributed by atoms with Gasteiger partial charge in [-0.2, -0.15) is 0 Å². The molecular weight excluding hydrogens is 350 g/mol. The van der Waals surface area contributed by atoms with Gasteiger partial charge < -0.3 is 10.4 Å². The maximum absolute atomic E-state index is 12.0. The van der Waals surface area contributed by atoms with E-state index in [4.69, 9.17) is 5.11 Å². The lowest BCUT2D eigenvalue weighted by atomic mass is 9.49. The predicted octanol–water partition coefficient (Wildman–Crippen LogP) is 4.58. The molecular formula is C24H33NO3. The van der Waals surface area contributed by atoms with E-state index < -0.39 is 5.97 Å². The van der Waals surface area contributed by atoms with Gasteiger partial charge in [0.05, 0.1) is 0 Å². The third kappa shape index (κ3) is 3.87. The number of amides is 1. The van der Waals surface area contributed by atoms with Crippen LogP contribution < -0.4 is 5.32 Å². The number of aliphatic carboxylic acids is 1. The van der Waals surface area contributed by atoms with E-state index in [1.165, 1.54) is 23.1 Å². The summed E-state index contributed by atoms with van der Waals surface area (Å²) < 4.78 is 0. The molecule has 0 heterocycles. The molecule has 3 atom stereocenters. The fraction of sp³-hybridized carbons (Fsp3) is 0.583. The summed E-state index contributed by atoms with van der Waals surface area (Å²) in [4.78, 5) is 22.6. The largest absolute Gasteiger partial charge is 0.478 e. The number of carbonyl (C=O) groups is 2. The number of benzene rings is 1. The van der Waals surface area contributed by atoms with Crippen molar-refractivity contribution < 1.29 is 14.7 Å². The van der Waals surface area contributed by atoms with Crippen molar-refractivity contribution >= 4 is 11.9 Å². The second kappa shape index (κ2) is 7.73. The Morgan fingerprint density at radius 2 is 2.00 bits per heavy atom. The van der Waals surface area contributed by atoms with Crippen molar-refractivity contribution in [2.24, 2.45) is 11.3 Å². The molecule has 28 heavy (non-hydrogen) atoms. The summed E-state index contributed by atoms with van der Waals surface area (Å²) >= 11 is 0. The highest BCUT2D eigenvalue weighted by Crippen LogP contribution is 2.57. The number of fused-ring (bicyclic) bond motifs is 3. The first kappa shape index (κ1) is 20.6. The standard InChI is InChI=1S/C24H33NO3/c1-16(2)17-6-8-19-18(14-17)7-9-20-23(3,12-5-13-24(19,20)4)15-25-21(26)10-11-22(27)28/h6,8,10-11,14,16,20H,5,7,9,12-13,15H2,1-4H3,(H,25,26)(H,27,28)/b11-10+/t20-,23+,24-/m1/s1. The first-order chi connectivity index (χ1) is 13.2. The molecule has 1 saturated carbocycles. The highest BCUT2D eigenvalue weighted by atomic mass is 16.4. The van der Waals surface area contributed by atoms with Crippen molar-refractivity contribution in [3.63, 3.8) is 0 Å². The van der Waals surface area contributed by atoms with Crippen LogP contribution in [0.2, 0.25) is 0 Å². The van der Waals surface area contributed by atoms with Crippen LogP contribution in [0, 0.1) is 11.3 Å². The summed E-state index contributed by atoms with van der Waals surface area (Å²) in [5.41, 5.74) is 4.57. The molecule has 4 nitrogen and oxygen atoms in total. The summed E-state index contributed by atoms with van der Waals surface area (Å²) in [6, 6.07) is 7.06. The van der Waals surface area contributed by atoms with Crippen LogP contribution in [0.3, 0.4) is 0 Å². The van der Waals surface area contributed by atoms with Gasteiger partial charge in [-0.15, -0.1) is 0 Å². The van der Waals surface area contributed by atoms with Gasteiger partial charge in [-0.05, 0) is 65.0 Å². The molecule has 0 bridgehead atoms. The summed E-state index contributed by atoms with van der Waals surface area (Å²) in [6.07, 6.45) is 7.67. The lowest BCUT2D eigenvalue weighted by Crippen LogP contribution is -2.53. The molecule has 1 aromatic carbocycles. The van der Waals surface area contributed by atoms with Crippen LogP contribution in [0.15, 0.2) is 30.4 Å². The van der Waals surface area contributed by atoms with Crippen molar-refractivity contribution in [3.8, 4) is 0 Å². The van der Waals surface area contributed by atoms with Crippen LogP contribution in [0.5, 0.6) is 0 Å². The zero-order valence-electron chi connectivity index (χ0n) is 17.5. The second-order valence-corrected chi connectivity index (χ2v) is 9.48. The van der Waals surface area contributed by atoms with Gasteiger partial charge in [-0.1, -0.05) is 52.3 Å². The molecule has 2 aliphatic carbocycles. The fourth-order valence-corrected chi connectivity index (χ4v) is 5.71. The minimum absolute atomic E-state index is 0.0220. The normalized spacial score (nSPS) is 29.4. The molecule has 0 saturated heterocycles. The molecule has 0 radical (unpaired) electrons. The number of carbonyl (C=O) groups excluding carboxylic acids is 1. The Hall–Kier alpha value is -2.10. The van der Waals surface area contributed by atoms with Crippen LogP contribution >= 0.6 is 0 Å². The van der Waals surface area contributed by atoms with E-state index in [9.17, 15) is 9.59 Å². The zero-order chi connectivity index (χ0) is 20.5. The molecule has 1 aromatic rings. The first-order valence-corrected chi connectivity index (χ1v) is 10.5. The lowest BCUT2D eigenvalue weighted by Gasteiger charge is -2.55. The Morgan fingerprint density at radius 1 is 1.25 bits per heavy atom. The van der Waals surface area contributed by atoms with E-state index in [1.807, 2.05) is 0 Å². The van der Waals surface area contributed by atoms with E-state index >= 15 is 0 Å². The SMILES string of the molecule is CC(C)c1ccc2c(c1)CC[C@@H]1[C@](C)(CNC(=O)/C=C/C(=O)O)CCC[C@]21C. The smallest absolute Gasteiger partial charge is 0.328 e. The quantitative estimate of drug-likeness (QED) is 0.732. The van der Waals surface area contributed by atoms with Crippen LogP contribution in [0.25, 0.3) is 0 Å². The van der Waals surface area contributed by atoms with Crippen molar-refractivity contribution in [1.82, 2.24) is 5.32 Å². The molecule has 4 heteroatoms. The van der Waals surface area contributed by atoms with E-state index in [2.05, 4.69) is 51.2 Å². The maximum atomic E-state index is 12.0. The highest BCUT2D eigenvalue weighted by molar-refractivity contribution is 5.93. The van der Waals surface area contributed by atoms with E-state index in [0.717, 1.165) is 37.8 Å². The third-order valence-electron chi connectivity index (χ3n) is 7.21. The van der Waals surface area contributed by atoms with Crippen molar-refractivity contribution in [3.05, 3.63) is 47.0 Å². The van der Waals surface area contributed by atoms with Crippen molar-refractivity contribution in [2.75, 3.05) is 6.54 Å². The lowest BCUT2D eigenvalue weighted by molar-refractivity contribution is -0.131. The fourth-order valence-electron chi connectivity index (χ4n) is 5.71. The third-order valence-corrected chi connectivity index (χ3v) is 7.21. The molecule has 0 spiro atoms. The minimum atomic E-state index is -1.10. The van der Waals surface area contributed by atoms with E-state index in [0.29, 0.717) is 18.4 Å². The Kier molecular flexibility index (Phi) is 5.69. The number of aryl methyl sites for hydroxylation is 1. The van der Waals surface area contributed by atoms with Gasteiger partial charge >= 0.3 is 5.97 Å². The minimum Gasteiger partial charge on any atom is -0.478 e. The topological polar surface area (TPSA) is 66.4 Å². The number of hydrogen-bond acceptors (Lipinski definition) is 2. The van der Waals surface area contributed by atoms with Crippen molar-refractivity contribution in [1.29, 1.82) is 0 Å². The molecule has 0 aliphatic heterocycles. The summed E-state index contributed by atoms with van der Waals surface area (Å²) in [7, 11) is 0. The Labute approximate surface area is 168 Å². The Bertz CT molecular complexity index is 797. The first-order valence-electron chi connectivity index (χ1n) is 10.5. The second-order valence-electron chi connectivity index (χ2n) is 9.48. The molecule has 0 unspecified atom stereocenters. The number of carboxylic acid groups (broad SMARTS) is 1. The summed E-state index contributed by atoms with van der Waals surface area (Å²) in [5, 5.41) is 11.7. The van der Waals surface area contributed by atoms with Gasteiger partial charge in [0.15, 0.2) is 0 Å². The molecule has 0 aromatic heterocycles. The zero-order valence-corrected chi connectivity index (χ0v) is 17.5. The van der Waals surface area contributed by atoms with E-state index in [-0.39, 0.29) is 16.7 Å². The van der Waals surface area contributed by atoms with E-state index in [1.54, 1.807) is 0 Å². The molecule has 2 N–H and O–H groups in total. The van der Waals surface area contributed by atoms with Gasteiger partial charge in [0.2, 0.25) is 5.91 Å². The maximum Gasteiger partial charge on any atom is 0.328 e. The molecule has 2 aliphatic rings. The predicted molar refractivity (Wildman–Crippen MR) is 111 cm³/mol. The molecule has 3 rings (SSSR count). The summed E-state index contributed by atoms with van der Waals surface area (Å²) in [5.74, 6) is -0.374. The van der Waals surface area contributed by atoms with Gasteiger partial charge in [0, 0.05) is 18.7 Å². The summed E-state index contributed by atoms with van der Waals surface area (Å²) in [6.45, 7) is 9.79. The van der Waals surface area contributed by atoms with Crippen molar-refractivity contribution in [2.45, 2.75) is 71.1 Å².